The molecule has 5 nitrogen and oxygen atoms in total. The van der Waals surface area contributed by atoms with E-state index >= 15 is 0 Å². The number of aliphatic hydroxyl groups is 1. The Morgan fingerprint density at radius 1 is 1.37 bits per heavy atom. The third-order valence-electron chi connectivity index (χ3n) is 2.95. The van der Waals surface area contributed by atoms with Crippen LogP contribution in [0.4, 0.5) is 5.69 Å². The van der Waals surface area contributed by atoms with Gasteiger partial charge in [0.2, 0.25) is 0 Å². The van der Waals surface area contributed by atoms with Gasteiger partial charge in [-0.3, -0.25) is 5.10 Å². The molecule has 0 aliphatic carbocycles. The number of aryl methyl sites for hydroxylation is 1. The fourth-order valence-electron chi connectivity index (χ4n) is 1.86. The highest BCUT2D eigenvalue weighted by molar-refractivity contribution is 5.51. The average Bonchev–Trinajstić information content (AvgIpc) is 2.83. The zero-order valence-electron chi connectivity index (χ0n) is 11.2. The zero-order chi connectivity index (χ0) is 13.7. The van der Waals surface area contributed by atoms with Crippen molar-refractivity contribution in [2.75, 3.05) is 11.9 Å². The largest absolute Gasteiger partial charge is 0.494 e. The van der Waals surface area contributed by atoms with Gasteiger partial charge >= 0.3 is 0 Å². The van der Waals surface area contributed by atoms with Gasteiger partial charge in [-0.25, -0.2) is 0 Å². The maximum atomic E-state index is 9.34. The van der Waals surface area contributed by atoms with Crippen molar-refractivity contribution >= 4 is 5.69 Å². The molecule has 0 aliphatic heterocycles. The number of anilines is 1. The van der Waals surface area contributed by atoms with Crippen molar-refractivity contribution in [1.82, 2.24) is 10.2 Å². The maximum absolute atomic E-state index is 9.34. The summed E-state index contributed by atoms with van der Waals surface area (Å²) < 4.78 is 5.45. The SMILES string of the molecule is CCOc1ccc(NCc2cn[nH]c2C)cc1CO. The Bertz CT molecular complexity index is 537. The molecule has 1 aromatic carbocycles. The first-order chi connectivity index (χ1) is 9.24. The van der Waals surface area contributed by atoms with Crippen LogP contribution >= 0.6 is 0 Å². The molecule has 0 amide bonds. The summed E-state index contributed by atoms with van der Waals surface area (Å²) >= 11 is 0. The molecule has 0 aliphatic rings. The second-order valence-electron chi connectivity index (χ2n) is 4.29. The first-order valence-corrected chi connectivity index (χ1v) is 6.34. The number of benzene rings is 1. The topological polar surface area (TPSA) is 70.2 Å². The fourth-order valence-corrected chi connectivity index (χ4v) is 1.86. The molecule has 0 atom stereocenters. The lowest BCUT2D eigenvalue weighted by molar-refractivity contribution is 0.267. The maximum Gasteiger partial charge on any atom is 0.124 e. The molecule has 0 spiro atoms. The smallest absolute Gasteiger partial charge is 0.124 e. The van der Waals surface area contributed by atoms with E-state index in [0.29, 0.717) is 13.2 Å². The minimum absolute atomic E-state index is 0.0322. The van der Waals surface area contributed by atoms with Crippen LogP contribution in [-0.2, 0) is 13.2 Å². The van der Waals surface area contributed by atoms with Crippen LogP contribution in [0.5, 0.6) is 5.75 Å². The standard InChI is InChI=1S/C14H19N3O2/c1-3-19-14-5-4-13(6-11(14)9-18)15-7-12-8-16-17-10(12)2/h4-6,8,15,18H,3,7,9H2,1-2H3,(H,16,17). The normalized spacial score (nSPS) is 10.5. The summed E-state index contributed by atoms with van der Waals surface area (Å²) in [5, 5.41) is 19.5. The Labute approximate surface area is 112 Å². The second kappa shape index (κ2) is 6.24. The lowest BCUT2D eigenvalue weighted by Crippen LogP contribution is -2.02. The van der Waals surface area contributed by atoms with E-state index in [1.165, 1.54) is 0 Å². The number of nitrogens with zero attached hydrogens (tertiary/aromatic N) is 1. The predicted octanol–water partition coefficient (Wildman–Crippen LogP) is 2.22. The molecule has 1 heterocycles. The number of rotatable bonds is 6. The number of nitrogens with one attached hydrogen (secondary N) is 2. The Kier molecular flexibility index (Phi) is 4.41. The molecule has 0 radical (unpaired) electrons. The number of aromatic amines is 1. The minimum Gasteiger partial charge on any atom is -0.494 e. The van der Waals surface area contributed by atoms with Gasteiger partial charge in [-0.05, 0) is 32.0 Å². The van der Waals surface area contributed by atoms with E-state index in [4.69, 9.17) is 4.74 Å². The molecule has 0 unspecified atom stereocenters. The highest BCUT2D eigenvalue weighted by Crippen LogP contribution is 2.23. The monoisotopic (exact) mass is 261 g/mol. The molecule has 0 saturated carbocycles. The molecule has 0 fully saturated rings. The van der Waals surface area contributed by atoms with Gasteiger partial charge in [-0.2, -0.15) is 5.10 Å². The number of H-pyrrole nitrogens is 1. The van der Waals surface area contributed by atoms with Crippen LogP contribution < -0.4 is 10.1 Å². The predicted molar refractivity (Wildman–Crippen MR) is 74.2 cm³/mol. The quantitative estimate of drug-likeness (QED) is 0.745. The molecule has 19 heavy (non-hydrogen) atoms. The van der Waals surface area contributed by atoms with Gasteiger partial charge in [0.15, 0.2) is 0 Å². The van der Waals surface area contributed by atoms with Crippen LogP contribution in [0.1, 0.15) is 23.7 Å². The molecule has 5 heteroatoms. The van der Waals surface area contributed by atoms with Crippen molar-refractivity contribution in [2.24, 2.45) is 0 Å². The van der Waals surface area contributed by atoms with Crippen LogP contribution in [0.15, 0.2) is 24.4 Å². The summed E-state index contributed by atoms with van der Waals surface area (Å²) in [4.78, 5) is 0. The van der Waals surface area contributed by atoms with Crippen LogP contribution in [0, 0.1) is 6.92 Å². The highest BCUT2D eigenvalue weighted by atomic mass is 16.5. The lowest BCUT2D eigenvalue weighted by atomic mass is 10.1. The fraction of sp³-hybridized carbons (Fsp3) is 0.357. The van der Waals surface area contributed by atoms with Gasteiger partial charge in [-0.15, -0.1) is 0 Å². The van der Waals surface area contributed by atoms with Gasteiger partial charge in [0, 0.05) is 29.1 Å². The summed E-state index contributed by atoms with van der Waals surface area (Å²) in [6.07, 6.45) is 1.81. The Hall–Kier alpha value is -2.01. The Balaban J connectivity index is 2.07. The summed E-state index contributed by atoms with van der Waals surface area (Å²) in [6.45, 7) is 5.17. The molecule has 1 aromatic heterocycles. The second-order valence-corrected chi connectivity index (χ2v) is 4.29. The first-order valence-electron chi connectivity index (χ1n) is 6.34. The molecular formula is C14H19N3O2. The number of aromatic nitrogens is 2. The van der Waals surface area contributed by atoms with Gasteiger partial charge in [0.25, 0.3) is 0 Å². The van der Waals surface area contributed by atoms with E-state index < -0.39 is 0 Å². The number of hydrogen-bond donors (Lipinski definition) is 3. The van der Waals surface area contributed by atoms with Gasteiger partial charge in [0.1, 0.15) is 5.75 Å². The molecule has 3 N–H and O–H groups in total. The van der Waals surface area contributed by atoms with E-state index in [-0.39, 0.29) is 6.61 Å². The third-order valence-corrected chi connectivity index (χ3v) is 2.95. The van der Waals surface area contributed by atoms with Crippen LogP contribution in [0.2, 0.25) is 0 Å². The van der Waals surface area contributed by atoms with E-state index in [0.717, 1.165) is 28.3 Å². The van der Waals surface area contributed by atoms with E-state index in [1.807, 2.05) is 38.2 Å². The number of aliphatic hydroxyl groups excluding tert-OH is 1. The van der Waals surface area contributed by atoms with Crippen molar-refractivity contribution in [3.63, 3.8) is 0 Å². The van der Waals surface area contributed by atoms with Gasteiger partial charge in [0.05, 0.1) is 19.4 Å². The van der Waals surface area contributed by atoms with Gasteiger partial charge in [-0.1, -0.05) is 0 Å². The van der Waals surface area contributed by atoms with E-state index in [2.05, 4.69) is 15.5 Å². The minimum atomic E-state index is -0.0322. The summed E-state index contributed by atoms with van der Waals surface area (Å²) in [5.74, 6) is 0.732. The molecular weight excluding hydrogens is 242 g/mol. The molecule has 0 saturated heterocycles. The number of hydrogen-bond acceptors (Lipinski definition) is 4. The number of ether oxygens (including phenoxy) is 1. The summed E-state index contributed by atoms with van der Waals surface area (Å²) in [5.41, 5.74) is 3.92. The molecule has 2 rings (SSSR count). The summed E-state index contributed by atoms with van der Waals surface area (Å²) in [6, 6.07) is 5.72. The zero-order valence-corrected chi connectivity index (χ0v) is 11.2. The molecule has 0 bridgehead atoms. The van der Waals surface area contributed by atoms with Crippen LogP contribution in [0.3, 0.4) is 0 Å². The average molecular weight is 261 g/mol. The summed E-state index contributed by atoms with van der Waals surface area (Å²) in [7, 11) is 0. The van der Waals surface area contributed by atoms with Crippen LogP contribution in [-0.4, -0.2) is 21.9 Å². The van der Waals surface area contributed by atoms with Crippen molar-refractivity contribution < 1.29 is 9.84 Å². The van der Waals surface area contributed by atoms with Crippen molar-refractivity contribution in [1.29, 1.82) is 0 Å². The van der Waals surface area contributed by atoms with E-state index in [1.54, 1.807) is 0 Å². The van der Waals surface area contributed by atoms with Crippen molar-refractivity contribution in [3.05, 3.63) is 41.2 Å². The van der Waals surface area contributed by atoms with E-state index in [9.17, 15) is 5.11 Å². The Morgan fingerprint density at radius 3 is 2.84 bits per heavy atom. The lowest BCUT2D eigenvalue weighted by Gasteiger charge is -2.11. The molecule has 2 aromatic rings. The van der Waals surface area contributed by atoms with Crippen LogP contribution in [0.25, 0.3) is 0 Å². The van der Waals surface area contributed by atoms with Crippen molar-refractivity contribution in [3.8, 4) is 5.75 Å². The Morgan fingerprint density at radius 2 is 2.21 bits per heavy atom. The first kappa shape index (κ1) is 13.4. The molecule has 102 valence electrons. The highest BCUT2D eigenvalue weighted by Gasteiger charge is 2.05. The van der Waals surface area contributed by atoms with Crippen molar-refractivity contribution in [2.45, 2.75) is 27.0 Å². The van der Waals surface area contributed by atoms with Gasteiger partial charge < -0.3 is 15.2 Å². The third kappa shape index (κ3) is 3.26.